The van der Waals surface area contributed by atoms with E-state index >= 15 is 0 Å². The second kappa shape index (κ2) is 5.87. The summed E-state index contributed by atoms with van der Waals surface area (Å²) >= 11 is 0. The fraction of sp³-hybridized carbons (Fsp3) is 0.667. The molecular formula is C15H22N4O. The number of aromatic nitrogens is 2. The van der Waals surface area contributed by atoms with Gasteiger partial charge in [0.15, 0.2) is 0 Å². The maximum absolute atomic E-state index is 12.3. The van der Waals surface area contributed by atoms with Gasteiger partial charge in [-0.1, -0.05) is 6.92 Å². The van der Waals surface area contributed by atoms with Crippen LogP contribution in [0.1, 0.15) is 54.8 Å². The summed E-state index contributed by atoms with van der Waals surface area (Å²) in [5, 5.41) is 3.39. The molecule has 2 aliphatic rings. The average molecular weight is 274 g/mol. The molecule has 0 bridgehead atoms. The van der Waals surface area contributed by atoms with Crippen molar-refractivity contribution in [1.82, 2.24) is 20.2 Å². The van der Waals surface area contributed by atoms with Crippen LogP contribution >= 0.6 is 0 Å². The molecule has 0 radical (unpaired) electrons. The lowest BCUT2D eigenvalue weighted by atomic mass is 9.99. The molecule has 0 aliphatic carbocycles. The van der Waals surface area contributed by atoms with E-state index in [0.29, 0.717) is 11.7 Å². The van der Waals surface area contributed by atoms with E-state index in [1.54, 1.807) is 12.4 Å². The summed E-state index contributed by atoms with van der Waals surface area (Å²) in [5.41, 5.74) is 1.42. The number of amides is 1. The largest absolute Gasteiger partial charge is 0.337 e. The van der Waals surface area contributed by atoms with Crippen LogP contribution in [0.15, 0.2) is 12.4 Å². The third kappa shape index (κ3) is 2.82. The molecular weight excluding hydrogens is 252 g/mol. The predicted octanol–water partition coefficient (Wildman–Crippen LogP) is 1.77. The van der Waals surface area contributed by atoms with Gasteiger partial charge in [0.05, 0.1) is 24.1 Å². The van der Waals surface area contributed by atoms with Crippen molar-refractivity contribution in [2.75, 3.05) is 19.6 Å². The van der Waals surface area contributed by atoms with Crippen LogP contribution in [0.3, 0.4) is 0 Å². The van der Waals surface area contributed by atoms with Gasteiger partial charge in [0.25, 0.3) is 5.91 Å². The number of rotatable bonds is 2. The molecule has 3 rings (SSSR count). The number of carbonyl (C=O) groups is 1. The average Bonchev–Trinajstić information content (AvgIpc) is 3.02. The summed E-state index contributed by atoms with van der Waals surface area (Å²) in [7, 11) is 0. The maximum atomic E-state index is 12.3. The van der Waals surface area contributed by atoms with Crippen molar-refractivity contribution >= 4 is 5.91 Å². The lowest BCUT2D eigenvalue weighted by Gasteiger charge is -2.29. The fourth-order valence-electron chi connectivity index (χ4n) is 2.94. The summed E-state index contributed by atoms with van der Waals surface area (Å²) in [6.45, 7) is 4.96. The minimum absolute atomic E-state index is 0.0235. The van der Waals surface area contributed by atoms with Crippen LogP contribution in [0.4, 0.5) is 0 Å². The van der Waals surface area contributed by atoms with Crippen LogP contribution in [0, 0.1) is 5.92 Å². The van der Waals surface area contributed by atoms with Crippen molar-refractivity contribution in [1.29, 1.82) is 0 Å². The Hall–Kier alpha value is -1.49. The van der Waals surface area contributed by atoms with Gasteiger partial charge in [-0.15, -0.1) is 0 Å². The third-order valence-electron chi connectivity index (χ3n) is 4.38. The number of carbonyl (C=O) groups excluding carboxylic acids is 1. The molecule has 1 aromatic heterocycles. The second-order valence-electron chi connectivity index (χ2n) is 5.95. The Balaban J connectivity index is 1.66. The molecule has 3 heterocycles. The van der Waals surface area contributed by atoms with Gasteiger partial charge in [-0.25, -0.2) is 4.98 Å². The standard InChI is InChI=1S/C15H22N4O/c1-11-4-7-19(8-5-11)15(20)14-10-17-13(9-18-14)12-3-2-6-16-12/h9-12,16H,2-8H2,1H3/t12-/m1/s1. The topological polar surface area (TPSA) is 58.1 Å². The van der Waals surface area contributed by atoms with Gasteiger partial charge >= 0.3 is 0 Å². The highest BCUT2D eigenvalue weighted by molar-refractivity contribution is 5.92. The molecule has 1 N–H and O–H groups in total. The molecule has 0 saturated carbocycles. The van der Waals surface area contributed by atoms with Gasteiger partial charge < -0.3 is 10.2 Å². The van der Waals surface area contributed by atoms with Gasteiger partial charge in [0.2, 0.25) is 0 Å². The van der Waals surface area contributed by atoms with E-state index in [4.69, 9.17) is 0 Å². The fourth-order valence-corrected chi connectivity index (χ4v) is 2.94. The molecule has 0 aromatic carbocycles. The summed E-state index contributed by atoms with van der Waals surface area (Å²) in [4.78, 5) is 23.0. The van der Waals surface area contributed by atoms with E-state index in [1.165, 1.54) is 6.42 Å². The number of nitrogens with zero attached hydrogens (tertiary/aromatic N) is 3. The van der Waals surface area contributed by atoms with Gasteiger partial charge in [-0.05, 0) is 38.1 Å². The quantitative estimate of drug-likeness (QED) is 0.893. The van der Waals surface area contributed by atoms with Crippen molar-refractivity contribution in [3.63, 3.8) is 0 Å². The van der Waals surface area contributed by atoms with Crippen LogP contribution < -0.4 is 5.32 Å². The van der Waals surface area contributed by atoms with Crippen molar-refractivity contribution in [2.24, 2.45) is 5.92 Å². The molecule has 108 valence electrons. The highest BCUT2D eigenvalue weighted by Gasteiger charge is 2.23. The smallest absolute Gasteiger partial charge is 0.274 e. The molecule has 2 fully saturated rings. The zero-order valence-electron chi connectivity index (χ0n) is 12.0. The summed E-state index contributed by atoms with van der Waals surface area (Å²) < 4.78 is 0. The van der Waals surface area contributed by atoms with E-state index in [1.807, 2.05) is 4.90 Å². The minimum atomic E-state index is 0.0235. The van der Waals surface area contributed by atoms with E-state index in [2.05, 4.69) is 22.2 Å². The van der Waals surface area contributed by atoms with Gasteiger partial charge in [-0.3, -0.25) is 9.78 Å². The molecule has 1 atom stereocenters. The lowest BCUT2D eigenvalue weighted by Crippen LogP contribution is -2.38. The molecule has 0 spiro atoms. The number of nitrogens with one attached hydrogen (secondary N) is 1. The SMILES string of the molecule is CC1CCN(C(=O)c2cnc([C@H]3CCCN3)cn2)CC1. The van der Waals surface area contributed by atoms with E-state index in [0.717, 1.165) is 50.5 Å². The Morgan fingerprint density at radius 2 is 2.05 bits per heavy atom. The van der Waals surface area contributed by atoms with Crippen LogP contribution in [0.2, 0.25) is 0 Å². The molecule has 2 saturated heterocycles. The monoisotopic (exact) mass is 274 g/mol. The van der Waals surface area contributed by atoms with E-state index < -0.39 is 0 Å². The predicted molar refractivity (Wildman–Crippen MR) is 76.3 cm³/mol. The highest BCUT2D eigenvalue weighted by atomic mass is 16.2. The molecule has 1 aromatic rings. The van der Waals surface area contributed by atoms with Crippen LogP contribution in [0.5, 0.6) is 0 Å². The number of hydrogen-bond acceptors (Lipinski definition) is 4. The van der Waals surface area contributed by atoms with Crippen LogP contribution in [-0.4, -0.2) is 40.4 Å². The zero-order valence-corrected chi connectivity index (χ0v) is 12.0. The van der Waals surface area contributed by atoms with Crippen molar-refractivity contribution < 1.29 is 4.79 Å². The minimum Gasteiger partial charge on any atom is -0.337 e. The van der Waals surface area contributed by atoms with Crippen LogP contribution in [0.25, 0.3) is 0 Å². The normalized spacial score (nSPS) is 24.1. The molecule has 5 nitrogen and oxygen atoms in total. The highest BCUT2D eigenvalue weighted by Crippen LogP contribution is 2.21. The first-order valence-electron chi connectivity index (χ1n) is 7.58. The van der Waals surface area contributed by atoms with Crippen LogP contribution in [-0.2, 0) is 0 Å². The molecule has 5 heteroatoms. The second-order valence-corrected chi connectivity index (χ2v) is 5.95. The Bertz CT molecular complexity index is 459. The van der Waals surface area contributed by atoms with E-state index in [-0.39, 0.29) is 5.91 Å². The summed E-state index contributed by atoms with van der Waals surface area (Å²) in [5.74, 6) is 0.747. The first kappa shape index (κ1) is 13.5. The Morgan fingerprint density at radius 3 is 2.65 bits per heavy atom. The lowest BCUT2D eigenvalue weighted by molar-refractivity contribution is 0.0690. The van der Waals surface area contributed by atoms with Crippen molar-refractivity contribution in [2.45, 2.75) is 38.6 Å². The van der Waals surface area contributed by atoms with Crippen molar-refractivity contribution in [3.8, 4) is 0 Å². The Morgan fingerprint density at radius 1 is 1.25 bits per heavy atom. The summed E-state index contributed by atoms with van der Waals surface area (Å²) in [6.07, 6.45) is 7.84. The zero-order chi connectivity index (χ0) is 13.9. The molecule has 1 amide bonds. The molecule has 2 aliphatic heterocycles. The first-order chi connectivity index (χ1) is 9.74. The maximum Gasteiger partial charge on any atom is 0.274 e. The van der Waals surface area contributed by atoms with E-state index in [9.17, 15) is 4.79 Å². The number of likely N-dealkylation sites (tertiary alicyclic amines) is 1. The Labute approximate surface area is 119 Å². The Kier molecular flexibility index (Phi) is 3.96. The third-order valence-corrected chi connectivity index (χ3v) is 4.38. The van der Waals surface area contributed by atoms with Gasteiger partial charge in [-0.2, -0.15) is 0 Å². The molecule has 20 heavy (non-hydrogen) atoms. The first-order valence-corrected chi connectivity index (χ1v) is 7.58. The summed E-state index contributed by atoms with van der Waals surface area (Å²) in [6, 6.07) is 0.308. The van der Waals surface area contributed by atoms with Crippen molar-refractivity contribution in [3.05, 3.63) is 23.8 Å². The number of hydrogen-bond donors (Lipinski definition) is 1. The van der Waals surface area contributed by atoms with Gasteiger partial charge in [0, 0.05) is 13.1 Å². The number of piperidine rings is 1. The van der Waals surface area contributed by atoms with Gasteiger partial charge in [0.1, 0.15) is 5.69 Å². The molecule has 0 unspecified atom stereocenters.